The van der Waals surface area contributed by atoms with Gasteiger partial charge in [0.25, 0.3) is 5.75 Å². The third-order valence-electron chi connectivity index (χ3n) is 1.38. The van der Waals surface area contributed by atoms with Crippen molar-refractivity contribution in [2.24, 2.45) is 0 Å². The molecule has 0 radical (unpaired) electrons. The van der Waals surface area contributed by atoms with Gasteiger partial charge in [-0.3, -0.25) is 0 Å². The molecule has 0 aliphatic carbocycles. The normalized spacial score (nSPS) is 9.55. The number of phenolic OH excluding ortho intramolecular Hbond substituents is 2. The number of hydrogen-bond donors (Lipinski definition) is 3. The number of rotatable bonds is 1. The molecule has 5 N–H and O–H groups in total. The van der Waals surface area contributed by atoms with E-state index in [-0.39, 0.29) is 17.2 Å². The molecular formula is C7H10NO3+. The number of hydrogen-bond acceptors (Lipinski definition) is 3. The fraction of sp³-hybridized carbons (Fsp3) is 0.143. The number of anilines is 1. The summed E-state index contributed by atoms with van der Waals surface area (Å²) in [5.41, 5.74) is 0.602. The van der Waals surface area contributed by atoms with Crippen LogP contribution in [-0.2, 0) is 0 Å². The second-order valence-corrected chi connectivity index (χ2v) is 2.14. The van der Waals surface area contributed by atoms with Crippen LogP contribution < -0.4 is 5.32 Å². The zero-order chi connectivity index (χ0) is 8.43. The molecule has 0 aliphatic rings. The second kappa shape index (κ2) is 2.57. The van der Waals surface area contributed by atoms with Crippen molar-refractivity contribution in [3.05, 3.63) is 12.1 Å². The lowest BCUT2D eigenvalue weighted by atomic mass is 10.2. The van der Waals surface area contributed by atoms with Crippen molar-refractivity contribution in [3.63, 3.8) is 0 Å². The number of aromatic hydroxyl groups is 2. The van der Waals surface area contributed by atoms with Crippen LogP contribution in [0, 0.1) is 0 Å². The topological polar surface area (TPSA) is 75.4 Å². The van der Waals surface area contributed by atoms with Gasteiger partial charge in [-0.1, -0.05) is 0 Å². The molecule has 1 rings (SSSR count). The summed E-state index contributed by atoms with van der Waals surface area (Å²) < 4.78 is 0. The van der Waals surface area contributed by atoms with Crippen LogP contribution in [0.15, 0.2) is 12.1 Å². The molecule has 0 atom stereocenters. The predicted octanol–water partition coefficient (Wildman–Crippen LogP) is 0.577. The van der Waals surface area contributed by atoms with Gasteiger partial charge in [0.1, 0.15) is 0 Å². The Labute approximate surface area is 63.7 Å². The summed E-state index contributed by atoms with van der Waals surface area (Å²) in [6, 6.07) is 2.78. The highest BCUT2D eigenvalue weighted by atomic mass is 16.3. The van der Waals surface area contributed by atoms with Crippen molar-refractivity contribution < 1.29 is 15.3 Å². The fourth-order valence-electron chi connectivity index (χ4n) is 0.763. The summed E-state index contributed by atoms with van der Waals surface area (Å²) >= 11 is 0. The Morgan fingerprint density at radius 3 is 2.45 bits per heavy atom. The third kappa shape index (κ3) is 1.29. The van der Waals surface area contributed by atoms with Gasteiger partial charge < -0.3 is 20.6 Å². The summed E-state index contributed by atoms with van der Waals surface area (Å²) in [5.74, 6) is -0.750. The standard InChI is InChI=1S/C7H9NO3/c1-8-4-2-5(9)7(11)6(10)3-4/h2-3,8-11H,1H3/p+1. The van der Waals surface area contributed by atoms with E-state index in [2.05, 4.69) is 5.32 Å². The first-order chi connectivity index (χ1) is 5.15. The van der Waals surface area contributed by atoms with Gasteiger partial charge in [0, 0.05) is 18.8 Å². The van der Waals surface area contributed by atoms with Gasteiger partial charge >= 0.3 is 5.75 Å². The van der Waals surface area contributed by atoms with E-state index in [4.69, 9.17) is 15.3 Å². The van der Waals surface area contributed by atoms with Gasteiger partial charge in [-0.2, -0.15) is 0 Å². The molecule has 0 saturated carbocycles. The van der Waals surface area contributed by atoms with E-state index in [1.807, 2.05) is 0 Å². The van der Waals surface area contributed by atoms with E-state index >= 15 is 0 Å². The van der Waals surface area contributed by atoms with Crippen LogP contribution in [0.4, 0.5) is 5.69 Å². The summed E-state index contributed by atoms with van der Waals surface area (Å²) in [6.07, 6.45) is 0. The maximum absolute atomic E-state index is 9.00. The van der Waals surface area contributed by atoms with Crippen LogP contribution in [0.2, 0.25) is 0 Å². The molecule has 0 aliphatic heterocycles. The molecule has 0 bridgehead atoms. The Balaban J connectivity index is 3.21. The lowest BCUT2D eigenvalue weighted by Crippen LogP contribution is -1.86. The molecule has 1 aromatic carbocycles. The smallest absolute Gasteiger partial charge is 0.302 e. The van der Waals surface area contributed by atoms with E-state index in [9.17, 15) is 0 Å². The molecular weight excluding hydrogens is 146 g/mol. The Bertz CT molecular complexity index is 249. The third-order valence-corrected chi connectivity index (χ3v) is 1.38. The minimum Gasteiger partial charge on any atom is -0.591 e. The molecule has 0 heterocycles. The van der Waals surface area contributed by atoms with Crippen LogP contribution in [0.5, 0.6) is 17.2 Å². The van der Waals surface area contributed by atoms with Crippen LogP contribution >= 0.6 is 0 Å². The van der Waals surface area contributed by atoms with Crippen molar-refractivity contribution >= 4 is 5.69 Å². The zero-order valence-electron chi connectivity index (χ0n) is 6.05. The maximum Gasteiger partial charge on any atom is 0.302 e. The van der Waals surface area contributed by atoms with Crippen LogP contribution in [0.3, 0.4) is 0 Å². The van der Waals surface area contributed by atoms with Crippen molar-refractivity contribution in [2.75, 3.05) is 12.4 Å². The number of nitrogens with one attached hydrogen (secondary N) is 1. The van der Waals surface area contributed by atoms with E-state index in [1.165, 1.54) is 12.1 Å². The minimum atomic E-state index is -0.385. The second-order valence-electron chi connectivity index (χ2n) is 2.14. The first kappa shape index (κ1) is 7.53. The van der Waals surface area contributed by atoms with Crippen LogP contribution in [0.1, 0.15) is 0 Å². The van der Waals surface area contributed by atoms with Gasteiger partial charge in [-0.15, -0.1) is 0 Å². The Morgan fingerprint density at radius 2 is 2.00 bits per heavy atom. The predicted molar refractivity (Wildman–Crippen MR) is 42.4 cm³/mol. The van der Waals surface area contributed by atoms with Crippen molar-refractivity contribution in [1.29, 1.82) is 0 Å². The summed E-state index contributed by atoms with van der Waals surface area (Å²) in [7, 11) is 1.67. The molecule has 1 aromatic rings. The average Bonchev–Trinajstić information content (AvgIpc) is 1.99. The molecule has 4 heteroatoms. The summed E-state index contributed by atoms with van der Waals surface area (Å²) in [5, 5.41) is 27.9. The molecule has 0 amide bonds. The molecule has 0 unspecified atom stereocenters. The Hall–Kier alpha value is -1.58. The highest BCUT2D eigenvalue weighted by molar-refractivity contribution is 5.60. The van der Waals surface area contributed by atoms with E-state index < -0.39 is 0 Å². The van der Waals surface area contributed by atoms with Crippen LogP contribution in [0.25, 0.3) is 0 Å². The fourth-order valence-corrected chi connectivity index (χ4v) is 0.763. The number of benzene rings is 1. The SMILES string of the molecule is CNc1cc(O)c(O)c([OH2+])c1. The number of phenols is 2. The lowest BCUT2D eigenvalue weighted by molar-refractivity contribution is 0.368. The van der Waals surface area contributed by atoms with Crippen molar-refractivity contribution in [2.45, 2.75) is 0 Å². The summed E-state index contributed by atoms with van der Waals surface area (Å²) in [4.78, 5) is 0. The average molecular weight is 156 g/mol. The molecule has 4 nitrogen and oxygen atoms in total. The molecule has 0 spiro atoms. The van der Waals surface area contributed by atoms with Gasteiger partial charge in [0.2, 0.25) is 0 Å². The quantitative estimate of drug-likeness (QED) is 0.316. The highest BCUT2D eigenvalue weighted by Crippen LogP contribution is 2.36. The largest absolute Gasteiger partial charge is 0.591 e. The molecule has 11 heavy (non-hydrogen) atoms. The van der Waals surface area contributed by atoms with Gasteiger partial charge in [-0.05, 0) is 0 Å². The zero-order valence-corrected chi connectivity index (χ0v) is 6.05. The molecule has 0 fully saturated rings. The summed E-state index contributed by atoms with van der Waals surface area (Å²) in [6.45, 7) is 0. The van der Waals surface area contributed by atoms with Crippen molar-refractivity contribution in [3.8, 4) is 17.2 Å². The first-order valence-corrected chi connectivity index (χ1v) is 3.10. The van der Waals surface area contributed by atoms with Crippen LogP contribution in [-0.4, -0.2) is 22.4 Å². The maximum atomic E-state index is 9.00. The van der Waals surface area contributed by atoms with Gasteiger partial charge in [-0.25, -0.2) is 0 Å². The monoisotopic (exact) mass is 156 g/mol. The minimum absolute atomic E-state index is 0.0886. The first-order valence-electron chi connectivity index (χ1n) is 3.10. The highest BCUT2D eigenvalue weighted by Gasteiger charge is 2.10. The van der Waals surface area contributed by atoms with E-state index in [0.717, 1.165) is 0 Å². The molecule has 0 aromatic heterocycles. The Kier molecular flexibility index (Phi) is 1.76. The Morgan fingerprint density at radius 1 is 1.36 bits per heavy atom. The van der Waals surface area contributed by atoms with E-state index in [1.54, 1.807) is 7.05 Å². The molecule has 0 saturated heterocycles. The lowest BCUT2D eigenvalue weighted by Gasteiger charge is -2.01. The van der Waals surface area contributed by atoms with E-state index in [0.29, 0.717) is 5.69 Å². The van der Waals surface area contributed by atoms with Crippen molar-refractivity contribution in [1.82, 2.24) is 0 Å². The molecule has 60 valence electrons. The van der Waals surface area contributed by atoms with Gasteiger partial charge in [0.05, 0.1) is 6.07 Å². The van der Waals surface area contributed by atoms with Gasteiger partial charge in [0.15, 0.2) is 5.75 Å².